The van der Waals surface area contributed by atoms with Crippen LogP contribution in [0.5, 0.6) is 17.2 Å². The zero-order chi connectivity index (χ0) is 25.2. The lowest BCUT2D eigenvalue weighted by Gasteiger charge is -2.25. The molecule has 1 aliphatic rings. The van der Waals surface area contributed by atoms with Crippen molar-refractivity contribution in [3.63, 3.8) is 0 Å². The van der Waals surface area contributed by atoms with Crippen LogP contribution in [-0.4, -0.2) is 38.2 Å². The summed E-state index contributed by atoms with van der Waals surface area (Å²) in [5.41, 5.74) is 2.34. The van der Waals surface area contributed by atoms with Crippen LogP contribution in [0.25, 0.3) is 11.0 Å². The van der Waals surface area contributed by atoms with Crippen molar-refractivity contribution in [2.45, 2.75) is 19.4 Å². The largest absolute Gasteiger partial charge is 0.494 e. The minimum Gasteiger partial charge on any atom is -0.494 e. The van der Waals surface area contributed by atoms with Crippen LogP contribution in [0.2, 0.25) is 0 Å². The number of hydrogen-bond acceptors (Lipinski definition) is 6. The number of carbonyl (C=O) groups excluding carboxylic acids is 1. The number of carbonyl (C=O) groups is 1. The van der Waals surface area contributed by atoms with Crippen molar-refractivity contribution in [2.24, 2.45) is 0 Å². The van der Waals surface area contributed by atoms with Crippen LogP contribution in [0, 0.1) is 0 Å². The monoisotopic (exact) mass is 485 g/mol. The number of rotatable bonds is 8. The highest BCUT2D eigenvalue weighted by molar-refractivity contribution is 5.99. The maximum atomic E-state index is 13.6. The second-order valence-corrected chi connectivity index (χ2v) is 8.52. The van der Waals surface area contributed by atoms with E-state index in [1.165, 1.54) is 0 Å². The van der Waals surface area contributed by atoms with Gasteiger partial charge in [0, 0.05) is 6.54 Å². The van der Waals surface area contributed by atoms with E-state index in [-0.39, 0.29) is 17.1 Å². The molecule has 4 aromatic rings. The van der Waals surface area contributed by atoms with Crippen LogP contribution < -0.4 is 19.6 Å². The molecule has 0 saturated heterocycles. The smallest absolute Gasteiger partial charge is 0.290 e. The lowest BCUT2D eigenvalue weighted by atomic mass is 9.98. The molecular formula is C29H27NO6. The highest BCUT2D eigenvalue weighted by Crippen LogP contribution is 2.39. The molecule has 0 radical (unpaired) electrons. The Bertz CT molecular complexity index is 1490. The van der Waals surface area contributed by atoms with Gasteiger partial charge in [-0.15, -0.1) is 0 Å². The summed E-state index contributed by atoms with van der Waals surface area (Å²) in [4.78, 5) is 29.0. The predicted molar refractivity (Wildman–Crippen MR) is 136 cm³/mol. The molecule has 1 atom stereocenters. The Morgan fingerprint density at radius 3 is 2.50 bits per heavy atom. The lowest BCUT2D eigenvalue weighted by Crippen LogP contribution is -2.31. The third kappa shape index (κ3) is 4.06. The second kappa shape index (κ2) is 9.77. The molecule has 0 saturated carbocycles. The Kier molecular flexibility index (Phi) is 6.38. The van der Waals surface area contributed by atoms with Crippen LogP contribution in [-0.2, 0) is 6.42 Å². The first-order valence-corrected chi connectivity index (χ1v) is 11.9. The molecule has 2 heterocycles. The van der Waals surface area contributed by atoms with E-state index in [2.05, 4.69) is 0 Å². The first-order valence-electron chi connectivity index (χ1n) is 11.9. The average molecular weight is 486 g/mol. The Labute approximate surface area is 208 Å². The van der Waals surface area contributed by atoms with Crippen molar-refractivity contribution >= 4 is 16.9 Å². The molecule has 3 aromatic carbocycles. The number of amides is 1. The zero-order valence-corrected chi connectivity index (χ0v) is 20.4. The first-order chi connectivity index (χ1) is 17.5. The fourth-order valence-electron chi connectivity index (χ4n) is 4.77. The summed E-state index contributed by atoms with van der Waals surface area (Å²) in [6, 6.07) is 19.6. The van der Waals surface area contributed by atoms with Gasteiger partial charge in [-0.25, -0.2) is 0 Å². The normalized spacial score (nSPS) is 14.7. The number of ether oxygens (including phenoxy) is 3. The highest BCUT2D eigenvalue weighted by Gasteiger charge is 2.42. The Morgan fingerprint density at radius 1 is 0.917 bits per heavy atom. The summed E-state index contributed by atoms with van der Waals surface area (Å²) in [6.07, 6.45) is 0.551. The molecule has 5 rings (SSSR count). The summed E-state index contributed by atoms with van der Waals surface area (Å²) in [6.45, 7) is 2.80. The Morgan fingerprint density at radius 2 is 1.72 bits per heavy atom. The van der Waals surface area contributed by atoms with Crippen molar-refractivity contribution in [2.75, 3.05) is 27.4 Å². The fraction of sp³-hybridized carbons (Fsp3) is 0.241. The number of nitrogens with zero attached hydrogens (tertiary/aromatic N) is 1. The topological polar surface area (TPSA) is 78.2 Å². The highest BCUT2D eigenvalue weighted by atomic mass is 16.5. The summed E-state index contributed by atoms with van der Waals surface area (Å²) < 4.78 is 22.5. The van der Waals surface area contributed by atoms with Crippen molar-refractivity contribution in [3.8, 4) is 17.2 Å². The molecule has 1 amide bonds. The molecule has 0 N–H and O–H groups in total. The Hall–Kier alpha value is -4.26. The van der Waals surface area contributed by atoms with E-state index in [9.17, 15) is 9.59 Å². The van der Waals surface area contributed by atoms with Gasteiger partial charge in [0.1, 0.15) is 11.3 Å². The van der Waals surface area contributed by atoms with Gasteiger partial charge in [0.25, 0.3) is 5.91 Å². The molecule has 36 heavy (non-hydrogen) atoms. The summed E-state index contributed by atoms with van der Waals surface area (Å²) >= 11 is 0. The third-order valence-corrected chi connectivity index (χ3v) is 6.45. The summed E-state index contributed by atoms with van der Waals surface area (Å²) in [5.74, 6) is 1.73. The predicted octanol–water partition coefficient (Wildman–Crippen LogP) is 5.00. The number of hydrogen-bond donors (Lipinski definition) is 0. The molecule has 0 fully saturated rings. The summed E-state index contributed by atoms with van der Waals surface area (Å²) in [7, 11) is 3.18. The van der Waals surface area contributed by atoms with Gasteiger partial charge in [-0.1, -0.05) is 30.3 Å². The Balaban J connectivity index is 1.58. The zero-order valence-electron chi connectivity index (χ0n) is 20.4. The van der Waals surface area contributed by atoms with Gasteiger partial charge < -0.3 is 23.5 Å². The van der Waals surface area contributed by atoms with Gasteiger partial charge in [-0.3, -0.25) is 9.59 Å². The minimum atomic E-state index is -0.589. The van der Waals surface area contributed by atoms with Gasteiger partial charge in [-0.05, 0) is 60.9 Å². The van der Waals surface area contributed by atoms with E-state index in [1.54, 1.807) is 43.4 Å². The lowest BCUT2D eigenvalue weighted by molar-refractivity contribution is 0.0729. The van der Waals surface area contributed by atoms with Crippen molar-refractivity contribution in [3.05, 3.63) is 99.4 Å². The maximum Gasteiger partial charge on any atom is 0.290 e. The molecule has 1 unspecified atom stereocenters. The van der Waals surface area contributed by atoms with Gasteiger partial charge >= 0.3 is 0 Å². The molecule has 184 valence electrons. The maximum absolute atomic E-state index is 13.6. The SMILES string of the molecule is CCOc1cccc(C2c3c(oc4ccccc4c3=O)C(=O)N2CCc2ccc(OC)c(OC)c2)c1. The molecule has 1 aliphatic heterocycles. The quantitative estimate of drug-likeness (QED) is 0.350. The molecule has 0 bridgehead atoms. The van der Waals surface area contributed by atoms with Crippen LogP contribution >= 0.6 is 0 Å². The van der Waals surface area contributed by atoms with Gasteiger partial charge in [0.15, 0.2) is 16.9 Å². The van der Waals surface area contributed by atoms with E-state index in [4.69, 9.17) is 18.6 Å². The molecule has 1 aromatic heterocycles. The molecule has 0 spiro atoms. The number of benzene rings is 3. The van der Waals surface area contributed by atoms with Gasteiger partial charge in [-0.2, -0.15) is 0 Å². The van der Waals surface area contributed by atoms with Crippen molar-refractivity contribution < 1.29 is 23.4 Å². The standard InChI is InChI=1S/C29H27NO6/c1-4-35-20-9-7-8-19(17-20)26-25-27(31)21-10-5-6-11-22(21)36-28(25)29(32)30(26)15-14-18-12-13-23(33-2)24(16-18)34-3/h5-13,16-17,26H,4,14-15H2,1-3H3. The van der Waals surface area contributed by atoms with E-state index >= 15 is 0 Å². The molecule has 0 aliphatic carbocycles. The fourth-order valence-corrected chi connectivity index (χ4v) is 4.77. The minimum absolute atomic E-state index is 0.0952. The third-order valence-electron chi connectivity index (χ3n) is 6.45. The summed E-state index contributed by atoms with van der Waals surface area (Å²) in [5, 5.41) is 0.455. The average Bonchev–Trinajstić information content (AvgIpc) is 3.19. The van der Waals surface area contributed by atoms with Crippen LogP contribution in [0.15, 0.2) is 75.9 Å². The van der Waals surface area contributed by atoms with Crippen LogP contribution in [0.3, 0.4) is 0 Å². The van der Waals surface area contributed by atoms with Crippen LogP contribution in [0.1, 0.15) is 40.2 Å². The number of fused-ring (bicyclic) bond motifs is 2. The van der Waals surface area contributed by atoms with Crippen LogP contribution in [0.4, 0.5) is 0 Å². The van der Waals surface area contributed by atoms with Crippen molar-refractivity contribution in [1.29, 1.82) is 0 Å². The molecule has 7 nitrogen and oxygen atoms in total. The first kappa shape index (κ1) is 23.5. The number of para-hydroxylation sites is 1. The molecule has 7 heteroatoms. The van der Waals surface area contributed by atoms with Crippen molar-refractivity contribution in [1.82, 2.24) is 4.90 Å². The van der Waals surface area contributed by atoms with E-state index < -0.39 is 6.04 Å². The molecular weight excluding hydrogens is 458 g/mol. The second-order valence-electron chi connectivity index (χ2n) is 8.52. The van der Waals surface area contributed by atoms with Gasteiger partial charge in [0.2, 0.25) is 5.76 Å². The number of methoxy groups -OCH3 is 2. The van der Waals surface area contributed by atoms with E-state index in [0.29, 0.717) is 53.4 Å². The van der Waals surface area contributed by atoms with E-state index in [0.717, 1.165) is 11.1 Å². The van der Waals surface area contributed by atoms with Gasteiger partial charge in [0.05, 0.1) is 37.8 Å². The van der Waals surface area contributed by atoms with E-state index in [1.807, 2.05) is 49.4 Å².